The predicted octanol–water partition coefficient (Wildman–Crippen LogP) is 6.45. The van der Waals surface area contributed by atoms with Crippen LogP contribution >= 0.6 is 23.2 Å². The van der Waals surface area contributed by atoms with Crippen molar-refractivity contribution in [2.75, 3.05) is 6.73 Å². The molecule has 0 saturated heterocycles. The lowest BCUT2D eigenvalue weighted by Crippen LogP contribution is -2.31. The zero-order valence-electron chi connectivity index (χ0n) is 18.3. The third-order valence-electron chi connectivity index (χ3n) is 6.29. The van der Waals surface area contributed by atoms with Crippen LogP contribution in [-0.2, 0) is 20.1 Å². The number of rotatable bonds is 3. The highest BCUT2D eigenvalue weighted by atomic mass is 35.5. The first-order valence-corrected chi connectivity index (χ1v) is 11.7. The molecule has 0 bridgehead atoms. The first kappa shape index (κ1) is 21.3. The lowest BCUT2D eigenvalue weighted by Gasteiger charge is -2.29. The Labute approximate surface area is 206 Å². The Kier molecular flexibility index (Phi) is 5.14. The van der Waals surface area contributed by atoms with Gasteiger partial charge in [0.05, 0.1) is 21.2 Å². The molecule has 0 radical (unpaired) electrons. The van der Waals surface area contributed by atoms with Crippen LogP contribution in [-0.4, -0.2) is 22.0 Å². The van der Waals surface area contributed by atoms with Crippen molar-refractivity contribution >= 4 is 46.0 Å². The van der Waals surface area contributed by atoms with Crippen LogP contribution in [0.15, 0.2) is 66.6 Å². The Morgan fingerprint density at radius 2 is 1.91 bits per heavy atom. The molecule has 0 unspecified atom stereocenters. The number of nitrogens with zero attached hydrogens (tertiary/aromatic N) is 2. The third-order valence-corrected chi connectivity index (χ3v) is 7.03. The van der Waals surface area contributed by atoms with E-state index in [0.29, 0.717) is 46.9 Å². The van der Waals surface area contributed by atoms with E-state index in [9.17, 15) is 4.79 Å². The van der Waals surface area contributed by atoms with Gasteiger partial charge < -0.3 is 14.0 Å². The normalized spacial score (nSPS) is 16.4. The van der Waals surface area contributed by atoms with E-state index in [4.69, 9.17) is 32.7 Å². The highest BCUT2D eigenvalue weighted by Gasteiger charge is 2.33. The second-order valence-corrected chi connectivity index (χ2v) is 9.39. The number of fused-ring (bicyclic) bond motifs is 4. The molecular formula is C27H20Cl2N2O3. The number of ether oxygens (including phenoxy) is 2. The quantitative estimate of drug-likeness (QED) is 0.309. The van der Waals surface area contributed by atoms with E-state index in [1.807, 2.05) is 60.3 Å². The SMILES string of the molecule is Cn1cc(/C=C2\Oc3c(ccc4c3CN(Cc3ccc(Cl)c(Cl)c3)CO4)C2=O)c2ccccc21. The summed E-state index contributed by atoms with van der Waals surface area (Å²) in [5.41, 5.74) is 4.51. The summed E-state index contributed by atoms with van der Waals surface area (Å²) < 4.78 is 14.2. The van der Waals surface area contributed by atoms with Gasteiger partial charge in [-0.2, -0.15) is 0 Å². The second kappa shape index (κ2) is 8.20. The van der Waals surface area contributed by atoms with E-state index in [1.54, 1.807) is 12.1 Å². The summed E-state index contributed by atoms with van der Waals surface area (Å²) >= 11 is 12.2. The van der Waals surface area contributed by atoms with Crippen molar-refractivity contribution in [3.8, 4) is 11.5 Å². The minimum atomic E-state index is -0.118. The Hall–Kier alpha value is -3.25. The summed E-state index contributed by atoms with van der Waals surface area (Å²) in [5.74, 6) is 1.52. The Morgan fingerprint density at radius 3 is 2.76 bits per heavy atom. The lowest BCUT2D eigenvalue weighted by atomic mass is 10.0. The minimum absolute atomic E-state index is 0.118. The monoisotopic (exact) mass is 490 g/mol. The van der Waals surface area contributed by atoms with E-state index in [0.717, 1.165) is 33.3 Å². The summed E-state index contributed by atoms with van der Waals surface area (Å²) in [5, 5.41) is 2.12. The Morgan fingerprint density at radius 1 is 1.06 bits per heavy atom. The number of aryl methyl sites for hydroxylation is 1. The maximum atomic E-state index is 13.2. The van der Waals surface area contributed by atoms with Gasteiger partial charge in [0.15, 0.2) is 5.76 Å². The second-order valence-electron chi connectivity index (χ2n) is 8.58. The van der Waals surface area contributed by atoms with Gasteiger partial charge in [0.2, 0.25) is 5.78 Å². The number of benzene rings is 3. The van der Waals surface area contributed by atoms with Gasteiger partial charge in [-0.05, 0) is 42.0 Å². The molecule has 3 heterocycles. The zero-order valence-corrected chi connectivity index (χ0v) is 19.9. The number of aromatic nitrogens is 1. The number of hydrogen-bond donors (Lipinski definition) is 0. The fraction of sp³-hybridized carbons (Fsp3) is 0.148. The summed E-state index contributed by atoms with van der Waals surface area (Å²) in [6.07, 6.45) is 3.84. The molecule has 3 aromatic carbocycles. The number of carbonyl (C=O) groups is 1. The predicted molar refractivity (Wildman–Crippen MR) is 134 cm³/mol. The largest absolute Gasteiger partial charge is 0.478 e. The molecule has 0 fully saturated rings. The molecule has 4 aromatic rings. The van der Waals surface area contributed by atoms with Gasteiger partial charge >= 0.3 is 0 Å². The van der Waals surface area contributed by atoms with Crippen molar-refractivity contribution < 1.29 is 14.3 Å². The van der Waals surface area contributed by atoms with Gasteiger partial charge in [0, 0.05) is 42.8 Å². The third kappa shape index (κ3) is 3.57. The van der Waals surface area contributed by atoms with E-state index in [-0.39, 0.29) is 5.78 Å². The van der Waals surface area contributed by atoms with Crippen LogP contribution in [0.2, 0.25) is 10.0 Å². The Bertz CT molecular complexity index is 1510. The lowest BCUT2D eigenvalue weighted by molar-refractivity contribution is 0.0873. The molecule has 170 valence electrons. The topological polar surface area (TPSA) is 43.7 Å². The van der Waals surface area contributed by atoms with Crippen molar-refractivity contribution in [3.63, 3.8) is 0 Å². The maximum Gasteiger partial charge on any atom is 0.231 e. The highest BCUT2D eigenvalue weighted by molar-refractivity contribution is 6.42. The molecule has 0 amide bonds. The number of carbonyl (C=O) groups excluding carboxylic acids is 1. The van der Waals surface area contributed by atoms with E-state index >= 15 is 0 Å². The summed E-state index contributed by atoms with van der Waals surface area (Å²) in [4.78, 5) is 15.3. The van der Waals surface area contributed by atoms with E-state index in [1.165, 1.54) is 0 Å². The minimum Gasteiger partial charge on any atom is -0.478 e. The molecule has 0 atom stereocenters. The van der Waals surface area contributed by atoms with E-state index in [2.05, 4.69) is 11.0 Å². The van der Waals surface area contributed by atoms with Gasteiger partial charge in [-0.1, -0.05) is 47.5 Å². The van der Waals surface area contributed by atoms with Crippen LogP contribution in [0.5, 0.6) is 11.5 Å². The molecule has 5 nitrogen and oxygen atoms in total. The molecule has 0 saturated carbocycles. The zero-order chi connectivity index (χ0) is 23.4. The van der Waals surface area contributed by atoms with Gasteiger partial charge in [0.25, 0.3) is 0 Å². The molecular weight excluding hydrogens is 471 g/mol. The molecule has 0 N–H and O–H groups in total. The average Bonchev–Trinajstić information content (AvgIpc) is 3.33. The van der Waals surface area contributed by atoms with Crippen LogP contribution in [0.1, 0.15) is 27.0 Å². The van der Waals surface area contributed by atoms with Crippen LogP contribution < -0.4 is 9.47 Å². The van der Waals surface area contributed by atoms with Gasteiger partial charge in [-0.3, -0.25) is 9.69 Å². The molecule has 34 heavy (non-hydrogen) atoms. The first-order valence-electron chi connectivity index (χ1n) is 10.9. The van der Waals surface area contributed by atoms with Gasteiger partial charge in [-0.25, -0.2) is 0 Å². The Balaban J connectivity index is 1.31. The number of ketones is 1. The highest BCUT2D eigenvalue weighted by Crippen LogP contribution is 2.42. The van der Waals surface area contributed by atoms with Gasteiger partial charge in [0.1, 0.15) is 18.2 Å². The van der Waals surface area contributed by atoms with Crippen LogP contribution in [0.25, 0.3) is 17.0 Å². The van der Waals surface area contributed by atoms with Crippen LogP contribution in [0.3, 0.4) is 0 Å². The number of halogens is 2. The first-order chi connectivity index (χ1) is 16.5. The number of para-hydroxylation sites is 1. The van der Waals surface area contributed by atoms with Crippen molar-refractivity contribution in [1.29, 1.82) is 0 Å². The standard InChI is InChI=1S/C27H20Cl2N2O3/c1-30-13-17(18-4-2-3-5-23(18)30)11-25-26(32)19-7-9-24-20(27(19)34-25)14-31(15-33-24)12-16-6-8-21(28)22(29)10-16/h2-11,13H,12,14-15H2,1H3/b25-11-. The van der Waals surface area contributed by atoms with Crippen molar-refractivity contribution in [2.45, 2.75) is 13.1 Å². The van der Waals surface area contributed by atoms with Crippen LogP contribution in [0, 0.1) is 0 Å². The summed E-state index contributed by atoms with van der Waals surface area (Å²) in [7, 11) is 1.99. The fourth-order valence-electron chi connectivity index (χ4n) is 4.63. The van der Waals surface area contributed by atoms with Gasteiger partial charge in [-0.15, -0.1) is 0 Å². The number of allylic oxidation sites excluding steroid dienone is 1. The maximum absolute atomic E-state index is 13.2. The molecule has 7 heteroatoms. The smallest absolute Gasteiger partial charge is 0.231 e. The summed E-state index contributed by atoms with van der Waals surface area (Å²) in [6.45, 7) is 1.65. The van der Waals surface area contributed by atoms with Crippen molar-refractivity contribution in [1.82, 2.24) is 9.47 Å². The summed E-state index contributed by atoms with van der Waals surface area (Å²) in [6, 6.07) is 17.3. The van der Waals surface area contributed by atoms with E-state index < -0.39 is 0 Å². The number of Topliss-reactive ketones (excluding diaryl/α,β-unsaturated/α-hetero) is 1. The van der Waals surface area contributed by atoms with Crippen molar-refractivity contribution in [3.05, 3.63) is 98.9 Å². The fourth-order valence-corrected chi connectivity index (χ4v) is 4.95. The molecule has 1 aromatic heterocycles. The molecule has 2 aliphatic heterocycles. The molecule has 0 spiro atoms. The van der Waals surface area contributed by atoms with Crippen LogP contribution in [0.4, 0.5) is 0 Å². The molecule has 0 aliphatic carbocycles. The molecule has 6 rings (SSSR count). The number of hydrogen-bond acceptors (Lipinski definition) is 4. The average molecular weight is 491 g/mol. The molecule has 2 aliphatic rings. The van der Waals surface area contributed by atoms with Crippen molar-refractivity contribution in [2.24, 2.45) is 7.05 Å².